The third-order valence-electron chi connectivity index (χ3n) is 3.32. The van der Waals surface area contributed by atoms with Gasteiger partial charge in [-0.3, -0.25) is 4.90 Å². The minimum absolute atomic E-state index is 0.553. The summed E-state index contributed by atoms with van der Waals surface area (Å²) in [5.41, 5.74) is 5.77. The molecule has 0 aromatic rings. The van der Waals surface area contributed by atoms with Gasteiger partial charge in [-0.05, 0) is 31.8 Å². The zero-order chi connectivity index (χ0) is 10.4. The third-order valence-corrected chi connectivity index (χ3v) is 3.32. The number of nitriles is 1. The monoisotopic (exact) mass is 195 g/mol. The van der Waals surface area contributed by atoms with E-state index in [4.69, 9.17) is 11.0 Å². The quantitative estimate of drug-likeness (QED) is 0.689. The molecule has 0 spiro atoms. The van der Waals surface area contributed by atoms with Gasteiger partial charge in [0.25, 0.3) is 0 Å². The Bertz CT molecular complexity index is 197. The summed E-state index contributed by atoms with van der Waals surface area (Å²) in [6.07, 6.45) is 5.06. The molecule has 1 aliphatic carbocycles. The van der Waals surface area contributed by atoms with E-state index in [2.05, 4.69) is 17.9 Å². The van der Waals surface area contributed by atoms with Crippen molar-refractivity contribution in [3.8, 4) is 6.07 Å². The van der Waals surface area contributed by atoms with Crippen molar-refractivity contribution in [1.82, 2.24) is 4.90 Å². The van der Waals surface area contributed by atoms with E-state index in [1.54, 1.807) is 0 Å². The van der Waals surface area contributed by atoms with E-state index in [-0.39, 0.29) is 0 Å². The van der Waals surface area contributed by atoms with Gasteiger partial charge in [0.15, 0.2) is 0 Å². The Labute approximate surface area is 86.9 Å². The van der Waals surface area contributed by atoms with Gasteiger partial charge >= 0.3 is 0 Å². The van der Waals surface area contributed by atoms with Crippen LogP contribution in [-0.2, 0) is 0 Å². The molecule has 3 nitrogen and oxygen atoms in total. The van der Waals surface area contributed by atoms with E-state index in [1.165, 1.54) is 25.7 Å². The molecule has 0 aromatic carbocycles. The van der Waals surface area contributed by atoms with Crippen LogP contribution in [0, 0.1) is 17.2 Å². The van der Waals surface area contributed by atoms with Crippen molar-refractivity contribution in [2.75, 3.05) is 19.6 Å². The van der Waals surface area contributed by atoms with Crippen LogP contribution < -0.4 is 5.73 Å². The van der Waals surface area contributed by atoms with Gasteiger partial charge in [0.05, 0.1) is 12.6 Å². The van der Waals surface area contributed by atoms with Gasteiger partial charge in [-0.2, -0.15) is 5.26 Å². The Balaban J connectivity index is 2.56. The molecule has 1 aliphatic rings. The second kappa shape index (κ2) is 6.00. The summed E-state index contributed by atoms with van der Waals surface area (Å²) in [4.78, 5) is 2.27. The maximum atomic E-state index is 8.73. The van der Waals surface area contributed by atoms with Gasteiger partial charge in [-0.15, -0.1) is 0 Å². The first-order valence-electron chi connectivity index (χ1n) is 5.64. The van der Waals surface area contributed by atoms with Crippen molar-refractivity contribution in [1.29, 1.82) is 5.26 Å². The second-order valence-corrected chi connectivity index (χ2v) is 4.07. The molecule has 0 bridgehead atoms. The zero-order valence-electron chi connectivity index (χ0n) is 9.08. The molecule has 0 saturated heterocycles. The Morgan fingerprint density at radius 1 is 1.43 bits per heavy atom. The number of nitrogens with zero attached hydrogens (tertiary/aromatic N) is 2. The van der Waals surface area contributed by atoms with Crippen LogP contribution in [0.15, 0.2) is 0 Å². The average molecular weight is 195 g/mol. The standard InChI is InChI=1S/C11H21N3/c1-2-14(8-7-12)11-6-4-3-5-10(11)9-13/h10-11H,2-6,8-9,13H2,1H3. The van der Waals surface area contributed by atoms with Gasteiger partial charge in [-0.25, -0.2) is 0 Å². The summed E-state index contributed by atoms with van der Waals surface area (Å²) in [6, 6.07) is 2.80. The van der Waals surface area contributed by atoms with Crippen LogP contribution >= 0.6 is 0 Å². The molecule has 0 amide bonds. The second-order valence-electron chi connectivity index (χ2n) is 4.07. The summed E-state index contributed by atoms with van der Waals surface area (Å²) in [5.74, 6) is 0.608. The first kappa shape index (κ1) is 11.5. The summed E-state index contributed by atoms with van der Waals surface area (Å²) >= 11 is 0. The first-order chi connectivity index (χ1) is 6.83. The zero-order valence-corrected chi connectivity index (χ0v) is 9.08. The molecule has 3 heteroatoms. The summed E-state index contributed by atoms with van der Waals surface area (Å²) in [7, 11) is 0. The van der Waals surface area contributed by atoms with Crippen LogP contribution in [0.1, 0.15) is 32.6 Å². The van der Waals surface area contributed by atoms with Gasteiger partial charge in [0.1, 0.15) is 0 Å². The summed E-state index contributed by atoms with van der Waals surface area (Å²) < 4.78 is 0. The Hall–Kier alpha value is -0.590. The average Bonchev–Trinajstić information content (AvgIpc) is 2.26. The highest BCUT2D eigenvalue weighted by Gasteiger charge is 2.27. The number of hydrogen-bond acceptors (Lipinski definition) is 3. The van der Waals surface area contributed by atoms with Crippen molar-refractivity contribution in [3.05, 3.63) is 0 Å². The fourth-order valence-electron chi connectivity index (χ4n) is 2.50. The minimum atomic E-state index is 0.553. The fraction of sp³-hybridized carbons (Fsp3) is 0.909. The molecular weight excluding hydrogens is 174 g/mol. The lowest BCUT2D eigenvalue weighted by molar-refractivity contribution is 0.126. The molecule has 1 saturated carbocycles. The Morgan fingerprint density at radius 2 is 2.14 bits per heavy atom. The molecule has 0 aromatic heterocycles. The van der Waals surface area contributed by atoms with Crippen molar-refractivity contribution < 1.29 is 0 Å². The first-order valence-corrected chi connectivity index (χ1v) is 5.64. The predicted molar refractivity (Wildman–Crippen MR) is 57.7 cm³/mol. The van der Waals surface area contributed by atoms with E-state index >= 15 is 0 Å². The highest BCUT2D eigenvalue weighted by atomic mass is 15.2. The fourth-order valence-corrected chi connectivity index (χ4v) is 2.50. The van der Waals surface area contributed by atoms with Crippen molar-refractivity contribution in [2.45, 2.75) is 38.6 Å². The van der Waals surface area contributed by atoms with Crippen LogP contribution in [0.3, 0.4) is 0 Å². The maximum absolute atomic E-state index is 8.73. The number of nitrogens with two attached hydrogens (primary N) is 1. The highest BCUT2D eigenvalue weighted by Crippen LogP contribution is 2.27. The molecule has 2 unspecified atom stereocenters. The normalized spacial score (nSPS) is 27.6. The molecule has 0 heterocycles. The van der Waals surface area contributed by atoms with Crippen molar-refractivity contribution in [2.24, 2.45) is 11.7 Å². The lowest BCUT2D eigenvalue weighted by Crippen LogP contribution is -2.45. The van der Waals surface area contributed by atoms with E-state index in [0.29, 0.717) is 18.5 Å². The SMILES string of the molecule is CCN(CC#N)C1CCCCC1CN. The van der Waals surface area contributed by atoms with Gasteiger partial charge < -0.3 is 5.73 Å². The van der Waals surface area contributed by atoms with Gasteiger partial charge in [-0.1, -0.05) is 19.8 Å². The van der Waals surface area contributed by atoms with Crippen molar-refractivity contribution in [3.63, 3.8) is 0 Å². The van der Waals surface area contributed by atoms with Crippen molar-refractivity contribution >= 4 is 0 Å². The summed E-state index contributed by atoms with van der Waals surface area (Å²) in [5, 5.41) is 8.73. The molecule has 0 aliphatic heterocycles. The summed E-state index contributed by atoms with van der Waals surface area (Å²) in [6.45, 7) is 4.42. The molecule has 0 radical (unpaired) electrons. The molecule has 14 heavy (non-hydrogen) atoms. The lowest BCUT2D eigenvalue weighted by Gasteiger charge is -2.37. The molecule has 80 valence electrons. The van der Waals surface area contributed by atoms with Crippen LogP contribution in [0.5, 0.6) is 0 Å². The van der Waals surface area contributed by atoms with Gasteiger partial charge in [0.2, 0.25) is 0 Å². The number of rotatable bonds is 4. The van der Waals surface area contributed by atoms with E-state index < -0.39 is 0 Å². The van der Waals surface area contributed by atoms with Crippen LogP contribution in [0.25, 0.3) is 0 Å². The molecule has 1 fully saturated rings. The minimum Gasteiger partial charge on any atom is -0.330 e. The maximum Gasteiger partial charge on any atom is 0.0868 e. The number of hydrogen-bond donors (Lipinski definition) is 1. The molecule has 1 rings (SSSR count). The van der Waals surface area contributed by atoms with Gasteiger partial charge in [0, 0.05) is 6.04 Å². The predicted octanol–water partition coefficient (Wildman–Crippen LogP) is 1.35. The van der Waals surface area contributed by atoms with Crippen LogP contribution in [0.4, 0.5) is 0 Å². The lowest BCUT2D eigenvalue weighted by atomic mass is 9.83. The molecule has 2 atom stereocenters. The third kappa shape index (κ3) is 2.70. The Morgan fingerprint density at radius 3 is 2.71 bits per heavy atom. The highest BCUT2D eigenvalue weighted by molar-refractivity contribution is 4.87. The smallest absolute Gasteiger partial charge is 0.0868 e. The van der Waals surface area contributed by atoms with Crippen LogP contribution in [0.2, 0.25) is 0 Å². The van der Waals surface area contributed by atoms with E-state index in [0.717, 1.165) is 13.1 Å². The topological polar surface area (TPSA) is 53.0 Å². The largest absolute Gasteiger partial charge is 0.330 e. The molecule has 2 N–H and O–H groups in total. The van der Waals surface area contributed by atoms with E-state index in [1.807, 2.05) is 0 Å². The molecular formula is C11H21N3. The Kier molecular flexibility index (Phi) is 4.92. The van der Waals surface area contributed by atoms with Crippen LogP contribution in [-0.4, -0.2) is 30.6 Å². The van der Waals surface area contributed by atoms with E-state index in [9.17, 15) is 0 Å².